The number of carbonyl (C=O) groups excluding carboxylic acids is 1. The van der Waals surface area contributed by atoms with Crippen LogP contribution in [0.25, 0.3) is 0 Å². The van der Waals surface area contributed by atoms with Gasteiger partial charge in [-0.25, -0.2) is 0 Å². The number of halogens is 2. The second-order valence-electron chi connectivity index (χ2n) is 7.52. The maximum atomic E-state index is 12.9. The molecule has 5 heteroatoms. The predicted molar refractivity (Wildman–Crippen MR) is 97.6 cm³/mol. The number of benzene rings is 1. The fourth-order valence-corrected chi connectivity index (χ4v) is 5.17. The van der Waals surface area contributed by atoms with E-state index in [4.69, 9.17) is 23.2 Å². The third-order valence-electron chi connectivity index (χ3n) is 6.04. The molecule has 0 aromatic heterocycles. The van der Waals surface area contributed by atoms with E-state index < -0.39 is 0 Å². The lowest BCUT2D eigenvalue weighted by Crippen LogP contribution is -2.51. The first-order valence-corrected chi connectivity index (χ1v) is 9.85. The van der Waals surface area contributed by atoms with Crippen molar-refractivity contribution in [3.8, 4) is 0 Å². The number of hydrogen-bond acceptors (Lipinski definition) is 2. The van der Waals surface area contributed by atoms with Gasteiger partial charge in [-0.1, -0.05) is 29.3 Å². The molecule has 24 heavy (non-hydrogen) atoms. The second kappa shape index (κ2) is 6.86. The van der Waals surface area contributed by atoms with Gasteiger partial charge in [-0.15, -0.1) is 0 Å². The van der Waals surface area contributed by atoms with Crippen LogP contribution in [-0.4, -0.2) is 47.4 Å². The van der Waals surface area contributed by atoms with Gasteiger partial charge in [0.25, 0.3) is 0 Å². The van der Waals surface area contributed by atoms with Crippen molar-refractivity contribution in [2.75, 3.05) is 19.6 Å². The van der Waals surface area contributed by atoms with Crippen molar-refractivity contribution in [3.05, 3.63) is 33.8 Å². The molecule has 3 aliphatic rings. The second-order valence-corrected chi connectivity index (χ2v) is 8.33. The van der Waals surface area contributed by atoms with Gasteiger partial charge in [-0.2, -0.15) is 0 Å². The van der Waals surface area contributed by atoms with Gasteiger partial charge in [0.15, 0.2) is 0 Å². The summed E-state index contributed by atoms with van der Waals surface area (Å²) in [5, 5.41) is 1.06. The third kappa shape index (κ3) is 3.18. The van der Waals surface area contributed by atoms with Crippen molar-refractivity contribution >= 4 is 29.1 Å². The summed E-state index contributed by atoms with van der Waals surface area (Å²) < 4.78 is 0. The minimum atomic E-state index is 0.239. The smallest absolute Gasteiger partial charge is 0.227 e. The number of likely N-dealkylation sites (tertiary alicyclic amines) is 2. The molecule has 2 heterocycles. The minimum absolute atomic E-state index is 0.239. The number of hydrogen-bond donors (Lipinski definition) is 0. The Balaban J connectivity index is 1.47. The van der Waals surface area contributed by atoms with Crippen LogP contribution in [0.4, 0.5) is 0 Å². The molecule has 0 N–H and O–H groups in total. The molecule has 1 saturated carbocycles. The monoisotopic (exact) mass is 366 g/mol. The van der Waals surface area contributed by atoms with Crippen molar-refractivity contribution in [3.63, 3.8) is 0 Å². The lowest BCUT2D eigenvalue weighted by molar-refractivity contribution is -0.134. The van der Waals surface area contributed by atoms with Gasteiger partial charge in [-0.3, -0.25) is 9.69 Å². The number of nitrogens with zero attached hydrogens (tertiary/aromatic N) is 2. The van der Waals surface area contributed by atoms with E-state index >= 15 is 0 Å². The summed E-state index contributed by atoms with van der Waals surface area (Å²) in [6, 6.07) is 6.50. The first-order chi connectivity index (χ1) is 11.6. The van der Waals surface area contributed by atoms with E-state index in [-0.39, 0.29) is 5.91 Å². The molecule has 4 rings (SSSR count). The molecule has 0 radical (unpaired) electrons. The molecule has 1 aromatic carbocycles. The molecule has 3 nitrogen and oxygen atoms in total. The molecular formula is C19H24Cl2N2O. The Bertz CT molecular complexity index is 630. The van der Waals surface area contributed by atoms with Crippen LogP contribution in [0.3, 0.4) is 0 Å². The molecule has 2 saturated heterocycles. The number of carbonyl (C=O) groups is 1. The van der Waals surface area contributed by atoms with Crippen LogP contribution in [0.1, 0.15) is 37.7 Å². The maximum absolute atomic E-state index is 12.9. The normalized spacial score (nSPS) is 30.1. The molecule has 0 spiro atoms. The van der Waals surface area contributed by atoms with Crippen molar-refractivity contribution < 1.29 is 4.79 Å². The van der Waals surface area contributed by atoms with E-state index in [1.165, 1.54) is 38.8 Å². The quantitative estimate of drug-likeness (QED) is 0.806. The largest absolute Gasteiger partial charge is 0.338 e. The van der Waals surface area contributed by atoms with Crippen LogP contribution in [-0.2, 0) is 11.2 Å². The zero-order chi connectivity index (χ0) is 16.7. The highest BCUT2D eigenvalue weighted by atomic mass is 35.5. The standard InChI is InChI=1S/C19H24Cl2N2O/c20-15-4-3-13(9-16(15)21)12-19(24)23-8-5-14-10-17(18(23)11-14)22-6-1-2-7-22/h3-4,9,14,17-18H,1-2,5-8,10-12H2/t14?,17-,18?/m0/s1. The first-order valence-electron chi connectivity index (χ1n) is 9.09. The highest BCUT2D eigenvalue weighted by Gasteiger charge is 2.45. The SMILES string of the molecule is O=C(Cc1ccc(Cl)c(Cl)c1)N1CCC2CC1[C@@H](N1CCCC1)C2. The summed E-state index contributed by atoms with van der Waals surface area (Å²) in [5.41, 5.74) is 0.951. The van der Waals surface area contributed by atoms with Crippen LogP contribution in [0, 0.1) is 5.92 Å². The predicted octanol–water partition coefficient (Wildman–Crippen LogP) is 4.01. The Hall–Kier alpha value is -0.770. The highest BCUT2D eigenvalue weighted by molar-refractivity contribution is 6.42. The van der Waals surface area contributed by atoms with Gasteiger partial charge in [-0.05, 0) is 68.8 Å². The fourth-order valence-electron chi connectivity index (χ4n) is 4.85. The Morgan fingerprint density at radius 3 is 2.54 bits per heavy atom. The molecule has 2 bridgehead atoms. The summed E-state index contributed by atoms with van der Waals surface area (Å²) in [5.74, 6) is 1.05. The van der Waals surface area contributed by atoms with E-state index in [9.17, 15) is 4.79 Å². The zero-order valence-electron chi connectivity index (χ0n) is 13.9. The molecule has 2 unspecified atom stereocenters. The molecular weight excluding hydrogens is 343 g/mol. The first kappa shape index (κ1) is 16.7. The number of piperidine rings is 1. The van der Waals surface area contributed by atoms with Crippen molar-refractivity contribution in [1.82, 2.24) is 9.80 Å². The van der Waals surface area contributed by atoms with Crippen molar-refractivity contribution in [1.29, 1.82) is 0 Å². The van der Waals surface area contributed by atoms with Gasteiger partial charge in [0.1, 0.15) is 0 Å². The van der Waals surface area contributed by atoms with Gasteiger partial charge < -0.3 is 4.90 Å². The van der Waals surface area contributed by atoms with E-state index in [0.717, 1.165) is 24.4 Å². The Morgan fingerprint density at radius 1 is 1.04 bits per heavy atom. The highest BCUT2D eigenvalue weighted by Crippen LogP contribution is 2.40. The Labute approximate surface area is 153 Å². The lowest BCUT2D eigenvalue weighted by atomic mass is 9.98. The third-order valence-corrected chi connectivity index (χ3v) is 6.78. The summed E-state index contributed by atoms with van der Waals surface area (Å²) in [4.78, 5) is 17.7. The summed E-state index contributed by atoms with van der Waals surface area (Å²) in [6.07, 6.45) is 6.67. The van der Waals surface area contributed by atoms with Crippen molar-refractivity contribution in [2.45, 2.75) is 50.6 Å². The molecule has 3 atom stereocenters. The molecule has 1 aromatic rings. The zero-order valence-corrected chi connectivity index (χ0v) is 15.4. The van der Waals surface area contributed by atoms with Crippen LogP contribution in [0.2, 0.25) is 10.0 Å². The van der Waals surface area contributed by atoms with Gasteiger partial charge in [0, 0.05) is 18.6 Å². The van der Waals surface area contributed by atoms with Crippen molar-refractivity contribution in [2.24, 2.45) is 5.92 Å². The average Bonchev–Trinajstić information content (AvgIpc) is 3.19. The van der Waals surface area contributed by atoms with Crippen LogP contribution >= 0.6 is 23.2 Å². The summed E-state index contributed by atoms with van der Waals surface area (Å²) in [6.45, 7) is 3.34. The maximum Gasteiger partial charge on any atom is 0.227 e. The number of rotatable bonds is 3. The topological polar surface area (TPSA) is 23.6 Å². The molecule has 1 aliphatic carbocycles. The fraction of sp³-hybridized carbons (Fsp3) is 0.632. The summed E-state index contributed by atoms with van der Waals surface area (Å²) >= 11 is 12.1. The Kier molecular flexibility index (Phi) is 4.77. The lowest BCUT2D eigenvalue weighted by Gasteiger charge is -2.38. The van der Waals surface area contributed by atoms with E-state index in [1.54, 1.807) is 6.07 Å². The molecule has 1 amide bonds. The number of fused-ring (bicyclic) bond motifs is 2. The Morgan fingerprint density at radius 2 is 1.79 bits per heavy atom. The van der Waals surface area contributed by atoms with Crippen LogP contribution < -0.4 is 0 Å². The number of amides is 1. The molecule has 130 valence electrons. The van der Waals surface area contributed by atoms with Crippen LogP contribution in [0.5, 0.6) is 0 Å². The summed E-state index contributed by atoms with van der Waals surface area (Å²) in [7, 11) is 0. The minimum Gasteiger partial charge on any atom is -0.338 e. The molecule has 2 aliphatic heterocycles. The average molecular weight is 367 g/mol. The van der Waals surface area contributed by atoms with Gasteiger partial charge in [0.2, 0.25) is 5.91 Å². The van der Waals surface area contributed by atoms with E-state index in [1.807, 2.05) is 12.1 Å². The van der Waals surface area contributed by atoms with E-state index in [0.29, 0.717) is 28.5 Å². The van der Waals surface area contributed by atoms with Gasteiger partial charge >= 0.3 is 0 Å². The van der Waals surface area contributed by atoms with Gasteiger partial charge in [0.05, 0.1) is 16.5 Å². The molecule has 3 fully saturated rings. The van der Waals surface area contributed by atoms with Crippen LogP contribution in [0.15, 0.2) is 18.2 Å². The van der Waals surface area contributed by atoms with E-state index in [2.05, 4.69) is 9.80 Å².